The number of aromatic nitrogens is 1. The quantitative estimate of drug-likeness (QED) is 0.815. The molecule has 1 heterocycles. The Kier molecular flexibility index (Phi) is 5.55. The highest BCUT2D eigenvalue weighted by Gasteiger charge is 2.20. The number of benzene rings is 1. The van der Waals surface area contributed by atoms with Crippen molar-refractivity contribution in [2.45, 2.75) is 26.4 Å². The van der Waals surface area contributed by atoms with E-state index >= 15 is 0 Å². The summed E-state index contributed by atoms with van der Waals surface area (Å²) in [6.45, 7) is 3.63. The molecule has 1 aromatic heterocycles. The SMILES string of the molecule is CNc1c(C(=O)OC(C)C)ncc(Cc2ccccc2)c1Br. The summed E-state index contributed by atoms with van der Waals surface area (Å²) in [7, 11) is 1.76. The lowest BCUT2D eigenvalue weighted by Gasteiger charge is -2.14. The smallest absolute Gasteiger partial charge is 0.359 e. The van der Waals surface area contributed by atoms with Crippen LogP contribution in [0.25, 0.3) is 0 Å². The van der Waals surface area contributed by atoms with E-state index in [0.29, 0.717) is 11.4 Å². The number of halogens is 1. The molecule has 0 saturated carbocycles. The maximum absolute atomic E-state index is 12.1. The molecule has 0 unspecified atom stereocenters. The van der Waals surface area contributed by atoms with Crippen molar-refractivity contribution in [1.82, 2.24) is 4.98 Å². The molecule has 2 aromatic rings. The van der Waals surface area contributed by atoms with Crippen molar-refractivity contribution in [3.8, 4) is 0 Å². The summed E-state index contributed by atoms with van der Waals surface area (Å²) in [4.78, 5) is 16.4. The Morgan fingerprint density at radius 3 is 2.59 bits per heavy atom. The van der Waals surface area contributed by atoms with Crippen molar-refractivity contribution in [2.75, 3.05) is 12.4 Å². The number of pyridine rings is 1. The summed E-state index contributed by atoms with van der Waals surface area (Å²) in [5.41, 5.74) is 3.14. The molecule has 1 N–H and O–H groups in total. The Morgan fingerprint density at radius 1 is 1.32 bits per heavy atom. The van der Waals surface area contributed by atoms with E-state index in [0.717, 1.165) is 16.5 Å². The summed E-state index contributed by atoms with van der Waals surface area (Å²) in [5.74, 6) is -0.425. The van der Waals surface area contributed by atoms with Gasteiger partial charge in [0.25, 0.3) is 0 Å². The second kappa shape index (κ2) is 7.40. The van der Waals surface area contributed by atoms with Crippen molar-refractivity contribution < 1.29 is 9.53 Å². The second-order valence-corrected chi connectivity index (χ2v) is 5.98. The van der Waals surface area contributed by atoms with E-state index in [2.05, 4.69) is 38.4 Å². The number of nitrogens with one attached hydrogen (secondary N) is 1. The van der Waals surface area contributed by atoms with Crippen LogP contribution in [-0.4, -0.2) is 24.1 Å². The van der Waals surface area contributed by atoms with Gasteiger partial charge in [0.2, 0.25) is 0 Å². The Bertz CT molecular complexity index is 657. The fourth-order valence-electron chi connectivity index (χ4n) is 2.12. The highest BCUT2D eigenvalue weighted by Crippen LogP contribution is 2.30. The molecule has 5 heteroatoms. The minimum Gasteiger partial charge on any atom is -0.458 e. The van der Waals surface area contributed by atoms with Crippen LogP contribution in [0.2, 0.25) is 0 Å². The lowest BCUT2D eigenvalue weighted by atomic mass is 10.1. The third-order valence-electron chi connectivity index (χ3n) is 3.11. The van der Waals surface area contributed by atoms with Crippen molar-refractivity contribution in [2.24, 2.45) is 0 Å². The molecule has 0 aliphatic carbocycles. The van der Waals surface area contributed by atoms with E-state index in [1.165, 1.54) is 5.56 Å². The molecular formula is C17H19BrN2O2. The fraction of sp³-hybridized carbons (Fsp3) is 0.294. The molecule has 0 saturated heterocycles. The maximum atomic E-state index is 12.1. The van der Waals surface area contributed by atoms with Crippen LogP contribution >= 0.6 is 15.9 Å². The maximum Gasteiger partial charge on any atom is 0.359 e. The Labute approximate surface area is 139 Å². The topological polar surface area (TPSA) is 51.2 Å². The average Bonchev–Trinajstić information content (AvgIpc) is 2.49. The average molecular weight is 363 g/mol. The van der Waals surface area contributed by atoms with Gasteiger partial charge in [-0.3, -0.25) is 0 Å². The number of nitrogens with zero attached hydrogens (tertiary/aromatic N) is 1. The minimum atomic E-state index is -0.425. The molecule has 0 radical (unpaired) electrons. The summed E-state index contributed by atoms with van der Waals surface area (Å²) in [5, 5.41) is 3.03. The highest BCUT2D eigenvalue weighted by atomic mass is 79.9. The van der Waals surface area contributed by atoms with Crippen molar-refractivity contribution in [3.05, 3.63) is 57.8 Å². The van der Waals surface area contributed by atoms with Gasteiger partial charge in [0.15, 0.2) is 5.69 Å². The standard InChI is InChI=1S/C17H19BrN2O2/c1-11(2)22-17(21)16-15(19-3)14(18)13(10-20-16)9-12-7-5-4-6-8-12/h4-8,10-11,19H,9H2,1-3H3. The largest absolute Gasteiger partial charge is 0.458 e. The number of hydrogen-bond donors (Lipinski definition) is 1. The van der Waals surface area contributed by atoms with Gasteiger partial charge in [0.1, 0.15) is 0 Å². The van der Waals surface area contributed by atoms with Crippen LogP contribution in [0.1, 0.15) is 35.5 Å². The zero-order chi connectivity index (χ0) is 16.1. The monoisotopic (exact) mass is 362 g/mol. The van der Waals surface area contributed by atoms with Gasteiger partial charge in [-0.15, -0.1) is 0 Å². The van der Waals surface area contributed by atoms with Crippen LogP contribution < -0.4 is 5.32 Å². The van der Waals surface area contributed by atoms with Crippen LogP contribution in [0, 0.1) is 0 Å². The van der Waals surface area contributed by atoms with Crippen LogP contribution in [0.15, 0.2) is 41.0 Å². The van der Waals surface area contributed by atoms with Gasteiger partial charge < -0.3 is 10.1 Å². The Balaban J connectivity index is 2.34. The zero-order valence-corrected chi connectivity index (χ0v) is 14.5. The first-order valence-electron chi connectivity index (χ1n) is 7.13. The van der Waals surface area contributed by atoms with Crippen molar-refractivity contribution >= 4 is 27.6 Å². The molecule has 116 valence electrons. The molecule has 0 amide bonds. The van der Waals surface area contributed by atoms with E-state index in [9.17, 15) is 4.79 Å². The number of hydrogen-bond acceptors (Lipinski definition) is 4. The number of ether oxygens (including phenoxy) is 1. The van der Waals surface area contributed by atoms with Gasteiger partial charge in [-0.25, -0.2) is 9.78 Å². The third kappa shape index (κ3) is 3.85. The minimum absolute atomic E-state index is 0.179. The third-order valence-corrected chi connectivity index (χ3v) is 4.02. The summed E-state index contributed by atoms with van der Waals surface area (Å²) in [6.07, 6.45) is 2.28. The van der Waals surface area contributed by atoms with Crippen LogP contribution in [-0.2, 0) is 11.2 Å². The first-order chi connectivity index (χ1) is 10.5. The molecule has 4 nitrogen and oxygen atoms in total. The lowest BCUT2D eigenvalue weighted by Crippen LogP contribution is -2.16. The van der Waals surface area contributed by atoms with E-state index in [-0.39, 0.29) is 6.10 Å². The van der Waals surface area contributed by atoms with Crippen molar-refractivity contribution in [3.63, 3.8) is 0 Å². The molecule has 0 atom stereocenters. The fourth-order valence-corrected chi connectivity index (χ4v) is 2.75. The number of carbonyl (C=O) groups is 1. The first kappa shape index (κ1) is 16.5. The van der Waals surface area contributed by atoms with Crippen LogP contribution in [0.3, 0.4) is 0 Å². The van der Waals surface area contributed by atoms with Gasteiger partial charge >= 0.3 is 5.97 Å². The van der Waals surface area contributed by atoms with Crippen LogP contribution in [0.4, 0.5) is 5.69 Å². The number of esters is 1. The molecular weight excluding hydrogens is 344 g/mol. The molecule has 22 heavy (non-hydrogen) atoms. The van der Waals surface area contributed by atoms with E-state index in [1.807, 2.05) is 32.0 Å². The summed E-state index contributed by atoms with van der Waals surface area (Å²) >= 11 is 3.57. The lowest BCUT2D eigenvalue weighted by molar-refractivity contribution is 0.0372. The van der Waals surface area contributed by atoms with Crippen LogP contribution in [0.5, 0.6) is 0 Å². The van der Waals surface area contributed by atoms with Crippen molar-refractivity contribution in [1.29, 1.82) is 0 Å². The molecule has 2 rings (SSSR count). The Hall–Kier alpha value is -1.88. The van der Waals surface area contributed by atoms with Gasteiger partial charge in [-0.2, -0.15) is 0 Å². The van der Waals surface area contributed by atoms with Gasteiger partial charge in [0, 0.05) is 24.1 Å². The van der Waals surface area contributed by atoms with Gasteiger partial charge in [-0.1, -0.05) is 30.3 Å². The van der Waals surface area contributed by atoms with E-state index in [4.69, 9.17) is 4.74 Å². The molecule has 0 aliphatic rings. The van der Waals surface area contributed by atoms with Gasteiger partial charge in [0.05, 0.1) is 11.8 Å². The van der Waals surface area contributed by atoms with E-state index < -0.39 is 5.97 Å². The predicted molar refractivity (Wildman–Crippen MR) is 91.3 cm³/mol. The number of carbonyl (C=O) groups excluding carboxylic acids is 1. The number of rotatable bonds is 5. The zero-order valence-electron chi connectivity index (χ0n) is 12.9. The summed E-state index contributed by atoms with van der Waals surface area (Å²) < 4.78 is 6.07. The van der Waals surface area contributed by atoms with Gasteiger partial charge in [-0.05, 0) is 40.9 Å². The second-order valence-electron chi connectivity index (χ2n) is 5.19. The Morgan fingerprint density at radius 2 is 2.00 bits per heavy atom. The normalized spacial score (nSPS) is 10.6. The molecule has 0 aliphatic heterocycles. The molecule has 1 aromatic carbocycles. The first-order valence-corrected chi connectivity index (χ1v) is 7.92. The van der Waals surface area contributed by atoms with E-state index in [1.54, 1.807) is 13.2 Å². The molecule has 0 fully saturated rings. The number of anilines is 1. The highest BCUT2D eigenvalue weighted by molar-refractivity contribution is 9.10. The predicted octanol–water partition coefficient (Wildman–Crippen LogP) is 4.04. The molecule has 0 spiro atoms. The summed E-state index contributed by atoms with van der Waals surface area (Å²) in [6, 6.07) is 10.1. The molecule has 0 bridgehead atoms.